The average Bonchev–Trinajstić information content (AvgIpc) is 3.05. The number of hydrogen-bond donors (Lipinski definition) is 3. The first-order valence-corrected chi connectivity index (χ1v) is 16.1. The van der Waals surface area contributed by atoms with Crippen LogP contribution in [0.5, 0.6) is 0 Å². The first kappa shape index (κ1) is 31.9. The van der Waals surface area contributed by atoms with Crippen molar-refractivity contribution in [3.8, 4) is 11.1 Å². The van der Waals surface area contributed by atoms with Crippen LogP contribution < -0.4 is 10.6 Å². The lowest BCUT2D eigenvalue weighted by Crippen LogP contribution is -2.42. The Hall–Kier alpha value is -3.56. The maximum Gasteiger partial charge on any atom is 0.411 e. The Balaban J connectivity index is 0.925. The number of aryl methyl sites for hydroxylation is 1. The van der Waals surface area contributed by atoms with Crippen molar-refractivity contribution in [3.05, 3.63) is 90.0 Å². The highest BCUT2D eigenvalue weighted by Gasteiger charge is 2.23. The lowest BCUT2D eigenvalue weighted by molar-refractivity contribution is -0.118. The van der Waals surface area contributed by atoms with Gasteiger partial charge in [0.2, 0.25) is 0 Å². The number of nitrogens with one attached hydrogen (secondary N) is 2. The molecule has 44 heavy (non-hydrogen) atoms. The van der Waals surface area contributed by atoms with Crippen molar-refractivity contribution in [1.29, 1.82) is 0 Å². The number of ketones is 1. The highest BCUT2D eigenvalue weighted by atomic mass is 16.6. The fourth-order valence-electron chi connectivity index (χ4n) is 5.99. The summed E-state index contributed by atoms with van der Waals surface area (Å²) in [4.78, 5) is 29.9. The quantitative estimate of drug-likeness (QED) is 0.235. The van der Waals surface area contributed by atoms with Crippen molar-refractivity contribution in [2.75, 3.05) is 51.1 Å². The number of piperidine rings is 2. The van der Waals surface area contributed by atoms with Gasteiger partial charge in [0.1, 0.15) is 11.9 Å². The highest BCUT2D eigenvalue weighted by Crippen LogP contribution is 2.28. The number of para-hydroxylation sites is 1. The van der Waals surface area contributed by atoms with E-state index in [1.165, 1.54) is 11.1 Å². The molecule has 3 aromatic carbocycles. The van der Waals surface area contributed by atoms with E-state index in [1.54, 1.807) is 0 Å². The molecule has 0 aliphatic carbocycles. The minimum atomic E-state index is -0.415. The fraction of sp³-hybridized carbons (Fsp3) is 0.444. The molecule has 8 nitrogen and oxygen atoms in total. The second-order valence-electron chi connectivity index (χ2n) is 12.0. The molecule has 234 valence electrons. The van der Waals surface area contributed by atoms with E-state index >= 15 is 0 Å². The number of amides is 1. The maximum atomic E-state index is 12.7. The Kier molecular flexibility index (Phi) is 11.9. The van der Waals surface area contributed by atoms with E-state index in [9.17, 15) is 14.7 Å². The monoisotopic (exact) mass is 598 g/mol. The van der Waals surface area contributed by atoms with E-state index in [1.807, 2.05) is 54.6 Å². The van der Waals surface area contributed by atoms with Gasteiger partial charge < -0.3 is 20.1 Å². The first-order chi connectivity index (χ1) is 21.5. The zero-order chi connectivity index (χ0) is 30.6. The zero-order valence-electron chi connectivity index (χ0n) is 25.6. The SMILES string of the molecule is O=C(CCc1ccc(CN2CCC(O)CC2)cc1)CNCCN1CCC(OC(=O)Nc2ccccc2-c2ccccc2)CC1. The Morgan fingerprint density at radius 1 is 0.795 bits per heavy atom. The van der Waals surface area contributed by atoms with Gasteiger partial charge in [-0.15, -0.1) is 0 Å². The number of aliphatic hydroxyl groups excluding tert-OH is 1. The second-order valence-corrected chi connectivity index (χ2v) is 12.0. The van der Waals surface area contributed by atoms with Crippen LogP contribution in [0.15, 0.2) is 78.9 Å². The summed E-state index contributed by atoms with van der Waals surface area (Å²) in [5.74, 6) is 0.230. The number of carbonyl (C=O) groups is 2. The predicted molar refractivity (Wildman–Crippen MR) is 175 cm³/mol. The number of aliphatic hydroxyl groups is 1. The lowest BCUT2D eigenvalue weighted by atomic mass is 10.0. The van der Waals surface area contributed by atoms with Crippen molar-refractivity contribution >= 4 is 17.6 Å². The standard InChI is InChI=1S/C36H46N4O4/c41-31-16-21-40(22-17-31)27-29-12-10-28(11-13-29)14-15-32(42)26-37-20-25-39-23-18-33(19-24-39)44-36(43)38-35-9-5-4-8-34(35)30-6-2-1-3-7-30/h1-13,31,33,37,41H,14-27H2,(H,38,43). The van der Waals surface area contributed by atoms with Gasteiger partial charge in [0, 0.05) is 57.8 Å². The van der Waals surface area contributed by atoms with E-state index in [0.29, 0.717) is 13.0 Å². The van der Waals surface area contributed by atoms with Crippen LogP contribution in [-0.4, -0.2) is 84.8 Å². The minimum absolute atomic E-state index is 0.0995. The number of ether oxygens (including phenoxy) is 1. The number of Topliss-reactive ketones (excluding diaryl/α,β-unsaturated/α-hetero) is 1. The van der Waals surface area contributed by atoms with Crippen molar-refractivity contribution in [1.82, 2.24) is 15.1 Å². The Morgan fingerprint density at radius 3 is 2.20 bits per heavy atom. The van der Waals surface area contributed by atoms with Crippen LogP contribution in [-0.2, 0) is 22.5 Å². The van der Waals surface area contributed by atoms with Crippen molar-refractivity contribution in [2.45, 2.75) is 57.3 Å². The summed E-state index contributed by atoms with van der Waals surface area (Å²) in [7, 11) is 0. The molecule has 0 unspecified atom stereocenters. The van der Waals surface area contributed by atoms with Gasteiger partial charge in [-0.2, -0.15) is 0 Å². The third kappa shape index (κ3) is 9.99. The third-order valence-electron chi connectivity index (χ3n) is 8.66. The van der Waals surface area contributed by atoms with Gasteiger partial charge in [0.25, 0.3) is 0 Å². The molecule has 3 N–H and O–H groups in total. The van der Waals surface area contributed by atoms with Gasteiger partial charge >= 0.3 is 6.09 Å². The maximum absolute atomic E-state index is 12.7. The molecule has 2 aliphatic heterocycles. The van der Waals surface area contributed by atoms with Gasteiger partial charge in [-0.05, 0) is 54.9 Å². The smallest absolute Gasteiger partial charge is 0.411 e. The first-order valence-electron chi connectivity index (χ1n) is 16.1. The number of anilines is 1. The largest absolute Gasteiger partial charge is 0.446 e. The molecule has 2 aliphatic rings. The van der Waals surface area contributed by atoms with Gasteiger partial charge in [-0.1, -0.05) is 72.8 Å². The number of benzene rings is 3. The summed E-state index contributed by atoms with van der Waals surface area (Å²) in [6.45, 7) is 6.56. The molecule has 0 atom stereocenters. The molecule has 2 fully saturated rings. The summed E-state index contributed by atoms with van der Waals surface area (Å²) < 4.78 is 5.75. The number of hydrogen-bond acceptors (Lipinski definition) is 7. The van der Waals surface area contributed by atoms with Crippen LogP contribution in [0.1, 0.15) is 43.2 Å². The molecule has 8 heteroatoms. The molecule has 0 aromatic heterocycles. The Labute approximate surface area is 261 Å². The fourth-order valence-corrected chi connectivity index (χ4v) is 5.99. The van der Waals surface area contributed by atoms with E-state index in [2.05, 4.69) is 44.7 Å². The minimum Gasteiger partial charge on any atom is -0.446 e. The molecule has 0 saturated carbocycles. The molecular formula is C36H46N4O4. The highest BCUT2D eigenvalue weighted by molar-refractivity contribution is 5.91. The molecule has 0 bridgehead atoms. The van der Waals surface area contributed by atoms with Gasteiger partial charge in [-0.25, -0.2) is 4.79 Å². The van der Waals surface area contributed by atoms with Crippen LogP contribution in [0.25, 0.3) is 11.1 Å². The van der Waals surface area contributed by atoms with E-state index in [4.69, 9.17) is 4.74 Å². The van der Waals surface area contributed by atoms with Crippen LogP contribution in [0.4, 0.5) is 10.5 Å². The summed E-state index contributed by atoms with van der Waals surface area (Å²) in [5.41, 5.74) is 5.22. The molecular weight excluding hydrogens is 552 g/mol. The van der Waals surface area contributed by atoms with Crippen molar-refractivity contribution in [3.63, 3.8) is 0 Å². The van der Waals surface area contributed by atoms with Crippen molar-refractivity contribution < 1.29 is 19.4 Å². The molecule has 5 rings (SSSR count). The molecule has 0 radical (unpaired) electrons. The van der Waals surface area contributed by atoms with E-state index in [0.717, 1.165) is 94.7 Å². The topological polar surface area (TPSA) is 94.1 Å². The number of nitrogens with zero attached hydrogens (tertiary/aromatic N) is 2. The Bertz CT molecular complexity index is 1320. The third-order valence-corrected chi connectivity index (χ3v) is 8.66. The number of carbonyl (C=O) groups excluding carboxylic acids is 2. The van der Waals surface area contributed by atoms with Crippen LogP contribution in [0.3, 0.4) is 0 Å². The predicted octanol–water partition coefficient (Wildman–Crippen LogP) is 5.11. The summed E-state index contributed by atoms with van der Waals surface area (Å²) >= 11 is 0. The molecule has 0 spiro atoms. The molecule has 2 saturated heterocycles. The van der Waals surface area contributed by atoms with Crippen LogP contribution >= 0.6 is 0 Å². The molecule has 3 aromatic rings. The molecule has 1 amide bonds. The van der Waals surface area contributed by atoms with Crippen LogP contribution in [0, 0.1) is 0 Å². The molecule has 2 heterocycles. The van der Waals surface area contributed by atoms with Gasteiger partial charge in [-0.3, -0.25) is 15.0 Å². The number of rotatable bonds is 13. The van der Waals surface area contributed by atoms with Gasteiger partial charge in [0.15, 0.2) is 0 Å². The average molecular weight is 599 g/mol. The van der Waals surface area contributed by atoms with Gasteiger partial charge in [0.05, 0.1) is 18.3 Å². The summed E-state index contributed by atoms with van der Waals surface area (Å²) in [5, 5.41) is 15.9. The summed E-state index contributed by atoms with van der Waals surface area (Å²) in [6.07, 6.45) is 3.95. The normalized spacial score (nSPS) is 16.9. The second kappa shape index (κ2) is 16.5. The zero-order valence-corrected chi connectivity index (χ0v) is 25.6. The van der Waals surface area contributed by atoms with Crippen molar-refractivity contribution in [2.24, 2.45) is 0 Å². The Morgan fingerprint density at radius 2 is 1.45 bits per heavy atom. The van der Waals surface area contributed by atoms with E-state index in [-0.39, 0.29) is 18.0 Å². The summed E-state index contributed by atoms with van der Waals surface area (Å²) in [6, 6.07) is 26.3. The van der Waals surface area contributed by atoms with Crippen LogP contribution in [0.2, 0.25) is 0 Å². The lowest BCUT2D eigenvalue weighted by Gasteiger charge is -2.31. The number of likely N-dealkylation sites (tertiary alicyclic amines) is 2. The van der Waals surface area contributed by atoms with E-state index < -0.39 is 6.09 Å².